The molecule has 26 heavy (non-hydrogen) atoms. The third-order valence-electron chi connectivity index (χ3n) is 5.89. The second-order valence-corrected chi connectivity index (χ2v) is 11.1. The molecule has 0 aliphatic heterocycles. The highest BCUT2D eigenvalue weighted by molar-refractivity contribution is 8.03. The van der Waals surface area contributed by atoms with Crippen molar-refractivity contribution in [2.24, 2.45) is 22.7 Å². The van der Waals surface area contributed by atoms with Crippen LogP contribution in [0.2, 0.25) is 0 Å². The van der Waals surface area contributed by atoms with Crippen LogP contribution in [0.5, 0.6) is 0 Å². The molecule has 0 spiro atoms. The molecule has 0 aromatic carbocycles. The summed E-state index contributed by atoms with van der Waals surface area (Å²) in [5.74, 6) is -0.804. The van der Waals surface area contributed by atoms with Gasteiger partial charge in [-0.2, -0.15) is 21.6 Å². The van der Waals surface area contributed by atoms with Gasteiger partial charge in [0.25, 0.3) is 0 Å². The number of nitrogens with one attached hydrogen (secondary N) is 1. The van der Waals surface area contributed by atoms with E-state index in [1.807, 2.05) is 0 Å². The van der Waals surface area contributed by atoms with Crippen LogP contribution in [0.25, 0.3) is 0 Å². The SMILES string of the molecule is O=S(=O)(NS(=O)(=O)C(F)(F)F)OC1C2CC3(CO)CC1CC(CO)(C2)C3. The number of aliphatic hydroxyl groups is 2. The molecule has 0 aromatic heterocycles. The summed E-state index contributed by atoms with van der Waals surface area (Å²) in [5, 5.41) is 19.5. The van der Waals surface area contributed by atoms with Gasteiger partial charge in [-0.05, 0) is 54.8 Å². The minimum Gasteiger partial charge on any atom is -0.396 e. The molecule has 0 heterocycles. The Kier molecular flexibility index (Phi) is 4.69. The third-order valence-corrected chi connectivity index (χ3v) is 8.66. The van der Waals surface area contributed by atoms with E-state index in [2.05, 4.69) is 0 Å². The van der Waals surface area contributed by atoms with E-state index in [0.29, 0.717) is 36.2 Å². The number of sulfonamides is 1. The van der Waals surface area contributed by atoms with Crippen molar-refractivity contribution in [3.8, 4) is 0 Å². The molecule has 4 rings (SSSR count). The lowest BCUT2D eigenvalue weighted by atomic mass is 9.43. The van der Waals surface area contributed by atoms with Crippen LogP contribution in [-0.2, 0) is 24.5 Å². The van der Waals surface area contributed by atoms with Gasteiger partial charge in [0.2, 0.25) is 0 Å². The van der Waals surface area contributed by atoms with Gasteiger partial charge in [-0.3, -0.25) is 4.18 Å². The molecule has 4 aliphatic rings. The highest BCUT2D eigenvalue weighted by Crippen LogP contribution is 2.65. The van der Waals surface area contributed by atoms with Crippen molar-refractivity contribution in [2.75, 3.05) is 13.2 Å². The maximum atomic E-state index is 12.4. The van der Waals surface area contributed by atoms with Gasteiger partial charge < -0.3 is 10.2 Å². The number of hydrogen-bond acceptors (Lipinski definition) is 7. The maximum absolute atomic E-state index is 12.4. The van der Waals surface area contributed by atoms with Gasteiger partial charge in [0.05, 0.1) is 6.10 Å². The molecular weight excluding hydrogens is 403 g/mol. The van der Waals surface area contributed by atoms with Gasteiger partial charge >= 0.3 is 25.8 Å². The summed E-state index contributed by atoms with van der Waals surface area (Å²) >= 11 is 0. The Bertz CT molecular complexity index is 742. The summed E-state index contributed by atoms with van der Waals surface area (Å²) in [6.07, 6.45) is 1.25. The van der Waals surface area contributed by atoms with Crippen molar-refractivity contribution < 1.29 is 44.4 Å². The van der Waals surface area contributed by atoms with Gasteiger partial charge in [-0.15, -0.1) is 0 Å². The molecule has 4 saturated carbocycles. The Morgan fingerprint density at radius 3 is 1.73 bits per heavy atom. The highest BCUT2D eigenvalue weighted by Gasteiger charge is 2.62. The first-order valence-electron chi connectivity index (χ1n) is 8.01. The number of aliphatic hydroxyl groups excluding tert-OH is 2. The zero-order chi connectivity index (χ0) is 19.6. The Morgan fingerprint density at radius 1 is 0.962 bits per heavy atom. The zero-order valence-corrected chi connectivity index (χ0v) is 15.2. The summed E-state index contributed by atoms with van der Waals surface area (Å²) in [5.41, 5.74) is -6.72. The third kappa shape index (κ3) is 3.37. The lowest BCUT2D eigenvalue weighted by Gasteiger charge is -2.63. The van der Waals surface area contributed by atoms with Crippen LogP contribution in [0.1, 0.15) is 32.1 Å². The molecule has 8 nitrogen and oxygen atoms in total. The van der Waals surface area contributed by atoms with Crippen molar-refractivity contribution in [1.82, 2.24) is 4.13 Å². The van der Waals surface area contributed by atoms with Gasteiger partial charge in [0.1, 0.15) is 0 Å². The van der Waals surface area contributed by atoms with Crippen molar-refractivity contribution in [3.05, 3.63) is 0 Å². The van der Waals surface area contributed by atoms with Crippen molar-refractivity contribution >= 4 is 20.3 Å². The molecule has 0 atom stereocenters. The fraction of sp³-hybridized carbons (Fsp3) is 1.00. The van der Waals surface area contributed by atoms with Crippen molar-refractivity contribution in [1.29, 1.82) is 0 Å². The fourth-order valence-electron chi connectivity index (χ4n) is 5.34. The summed E-state index contributed by atoms with van der Waals surface area (Å²) in [6.45, 7) is -0.274. The predicted molar refractivity (Wildman–Crippen MR) is 81.0 cm³/mol. The molecule has 0 radical (unpaired) electrons. The van der Waals surface area contributed by atoms with Crippen LogP contribution in [-0.4, -0.2) is 51.9 Å². The van der Waals surface area contributed by atoms with E-state index in [-0.39, 0.29) is 13.2 Å². The average Bonchev–Trinajstić information content (AvgIpc) is 2.48. The summed E-state index contributed by atoms with van der Waals surface area (Å²) in [6, 6.07) is 0. The largest absolute Gasteiger partial charge is 0.512 e. The normalized spacial score (nSPS) is 40.1. The van der Waals surface area contributed by atoms with E-state index in [9.17, 15) is 40.2 Å². The zero-order valence-electron chi connectivity index (χ0n) is 13.6. The topological polar surface area (TPSA) is 130 Å². The minimum atomic E-state index is -6.11. The molecule has 0 aromatic rings. The van der Waals surface area contributed by atoms with Crippen molar-refractivity contribution in [3.63, 3.8) is 0 Å². The molecule has 4 bridgehead atoms. The first-order valence-corrected chi connectivity index (χ1v) is 10.9. The number of rotatable bonds is 6. The number of halogens is 3. The van der Waals surface area contributed by atoms with Crippen LogP contribution in [0.3, 0.4) is 0 Å². The van der Waals surface area contributed by atoms with Crippen molar-refractivity contribution in [2.45, 2.75) is 43.7 Å². The highest BCUT2D eigenvalue weighted by atomic mass is 32.3. The van der Waals surface area contributed by atoms with Gasteiger partial charge in [-0.25, -0.2) is 8.42 Å². The Balaban J connectivity index is 1.80. The lowest BCUT2D eigenvalue weighted by molar-refractivity contribution is -0.187. The quantitative estimate of drug-likeness (QED) is 0.558. The second-order valence-electron chi connectivity index (χ2n) is 7.88. The number of hydrogen-bond donors (Lipinski definition) is 3. The summed E-state index contributed by atoms with van der Waals surface area (Å²) in [4.78, 5) is 0. The first kappa shape index (κ1) is 20.3. The van der Waals surface area contributed by atoms with Crippen LogP contribution >= 0.6 is 0 Å². The van der Waals surface area contributed by atoms with E-state index in [1.165, 1.54) is 0 Å². The molecule has 152 valence electrons. The molecule has 3 N–H and O–H groups in total. The van der Waals surface area contributed by atoms with E-state index < -0.39 is 54.6 Å². The molecule has 4 aliphatic carbocycles. The van der Waals surface area contributed by atoms with E-state index in [0.717, 1.165) is 0 Å². The average molecular weight is 423 g/mol. The monoisotopic (exact) mass is 423 g/mol. The maximum Gasteiger partial charge on any atom is 0.512 e. The van der Waals surface area contributed by atoms with E-state index >= 15 is 0 Å². The predicted octanol–water partition coefficient (Wildman–Crippen LogP) is 0.237. The second kappa shape index (κ2) is 6.01. The molecule has 0 amide bonds. The van der Waals surface area contributed by atoms with Crippen LogP contribution in [0.15, 0.2) is 0 Å². The fourth-order valence-corrected chi connectivity index (χ4v) is 7.56. The first-order chi connectivity index (χ1) is 11.8. The Morgan fingerprint density at radius 2 is 1.38 bits per heavy atom. The Labute approximate surface area is 149 Å². The Hall–Kier alpha value is -0.470. The molecule has 0 saturated heterocycles. The molecular formula is C13H20F3NO7S2. The van der Waals surface area contributed by atoms with Gasteiger partial charge in [0.15, 0.2) is 0 Å². The summed E-state index contributed by atoms with van der Waals surface area (Å²) in [7, 11) is -11.3. The van der Waals surface area contributed by atoms with Gasteiger partial charge in [0, 0.05) is 13.2 Å². The van der Waals surface area contributed by atoms with Crippen LogP contribution in [0.4, 0.5) is 13.2 Å². The lowest BCUT2D eigenvalue weighted by Crippen LogP contribution is -2.61. The molecule has 13 heteroatoms. The number of alkyl halides is 3. The van der Waals surface area contributed by atoms with Crippen LogP contribution < -0.4 is 4.13 Å². The smallest absolute Gasteiger partial charge is 0.396 e. The standard InChI is InChI=1S/C13H20F3NO7S2/c14-13(15,16)25(20,21)17-26(22,23)24-10-8-1-11(6-18)3-9(10)4-12(2-8,5-11)7-19/h8-10,17-19H,1-7H2. The van der Waals surface area contributed by atoms with E-state index in [4.69, 9.17) is 4.18 Å². The molecule has 0 unspecified atom stereocenters. The minimum absolute atomic E-state index is 0.137. The molecule has 4 fully saturated rings. The summed E-state index contributed by atoms with van der Waals surface area (Å²) < 4.78 is 88.5. The van der Waals surface area contributed by atoms with Crippen LogP contribution in [0, 0.1) is 22.7 Å². The van der Waals surface area contributed by atoms with E-state index in [1.54, 1.807) is 0 Å². The van der Waals surface area contributed by atoms with Gasteiger partial charge in [-0.1, -0.05) is 4.13 Å².